The summed E-state index contributed by atoms with van der Waals surface area (Å²) in [6.07, 6.45) is 1.49. The van der Waals surface area contributed by atoms with E-state index in [1.807, 2.05) is 12.1 Å². The van der Waals surface area contributed by atoms with Gasteiger partial charge in [-0.05, 0) is 54.6 Å². The molecule has 0 unspecified atom stereocenters. The predicted octanol–water partition coefficient (Wildman–Crippen LogP) is 4.59. The normalized spacial score (nSPS) is 11.0. The minimum Gasteiger partial charge on any atom is -0.493 e. The second kappa shape index (κ2) is 10.8. The minimum absolute atomic E-state index is 0.247. The van der Waals surface area contributed by atoms with E-state index in [4.69, 9.17) is 30.5 Å². The fraction of sp³-hybridized carbons (Fsp3) is 0.160. The minimum atomic E-state index is -0.366. The molecule has 0 bridgehead atoms. The number of carbonyl (C=O) groups excluding carboxylic acids is 1. The zero-order valence-corrected chi connectivity index (χ0v) is 20.1. The molecule has 3 aromatic carbocycles. The molecule has 180 valence electrons. The third kappa shape index (κ3) is 5.64. The molecule has 0 aliphatic heterocycles. The summed E-state index contributed by atoms with van der Waals surface area (Å²) in [5.74, 6) is 2.35. The van der Waals surface area contributed by atoms with Crippen molar-refractivity contribution < 1.29 is 23.7 Å². The Morgan fingerprint density at radius 3 is 2.40 bits per heavy atom. The number of nitrogens with one attached hydrogen (secondary N) is 2. The predicted molar refractivity (Wildman–Crippen MR) is 133 cm³/mol. The smallest absolute Gasteiger partial charge is 0.271 e. The molecule has 0 saturated heterocycles. The number of hydrazone groups is 1. The quantitative estimate of drug-likeness (QED) is 0.260. The van der Waals surface area contributed by atoms with Crippen molar-refractivity contribution in [1.29, 1.82) is 0 Å². The highest BCUT2D eigenvalue weighted by Crippen LogP contribution is 2.37. The first kappa shape index (κ1) is 23.9. The standard InChI is InChI=1S/C25H23ClN4O5/c1-32-21-10-15(11-22(33-2)24(21)34-3)13-27-30-25(31)16-4-7-18(8-5-16)35-14-23-28-19-9-6-17(26)12-20(19)29-23/h4-13H,14H2,1-3H3,(H,28,29)(H,30,31)/b27-13+. The summed E-state index contributed by atoms with van der Waals surface area (Å²) in [6.45, 7) is 0.247. The van der Waals surface area contributed by atoms with Crippen LogP contribution in [-0.2, 0) is 6.61 Å². The molecule has 0 fully saturated rings. The van der Waals surface area contributed by atoms with Gasteiger partial charge in [0, 0.05) is 16.1 Å². The molecule has 35 heavy (non-hydrogen) atoms. The number of imidazole rings is 1. The number of ether oxygens (including phenoxy) is 4. The number of aromatic amines is 1. The first-order valence-corrected chi connectivity index (χ1v) is 10.9. The molecule has 1 heterocycles. The Bertz CT molecular complexity index is 1340. The fourth-order valence-corrected chi connectivity index (χ4v) is 3.54. The largest absolute Gasteiger partial charge is 0.493 e. The van der Waals surface area contributed by atoms with Gasteiger partial charge in [0.1, 0.15) is 18.2 Å². The molecule has 1 amide bonds. The van der Waals surface area contributed by atoms with Crippen molar-refractivity contribution in [3.63, 3.8) is 0 Å². The van der Waals surface area contributed by atoms with Crippen molar-refractivity contribution in [2.75, 3.05) is 21.3 Å². The lowest BCUT2D eigenvalue weighted by Crippen LogP contribution is -2.17. The van der Waals surface area contributed by atoms with E-state index in [0.717, 1.165) is 11.0 Å². The van der Waals surface area contributed by atoms with Gasteiger partial charge in [0.2, 0.25) is 5.75 Å². The first-order valence-electron chi connectivity index (χ1n) is 10.5. The molecule has 0 aliphatic rings. The fourth-order valence-electron chi connectivity index (χ4n) is 3.36. The average molecular weight is 495 g/mol. The number of amides is 1. The molecule has 2 N–H and O–H groups in total. The van der Waals surface area contributed by atoms with Crippen LogP contribution in [0.4, 0.5) is 0 Å². The van der Waals surface area contributed by atoms with Crippen molar-refractivity contribution in [3.05, 3.63) is 76.6 Å². The van der Waals surface area contributed by atoms with Crippen LogP contribution in [0.25, 0.3) is 11.0 Å². The van der Waals surface area contributed by atoms with Crippen molar-refractivity contribution >= 4 is 34.8 Å². The number of benzene rings is 3. The van der Waals surface area contributed by atoms with Crippen molar-refractivity contribution in [3.8, 4) is 23.0 Å². The Hall–Kier alpha value is -4.24. The lowest BCUT2D eigenvalue weighted by molar-refractivity contribution is 0.0955. The molecule has 10 heteroatoms. The summed E-state index contributed by atoms with van der Waals surface area (Å²) in [6, 6.07) is 15.6. The van der Waals surface area contributed by atoms with Crippen LogP contribution < -0.4 is 24.4 Å². The maximum atomic E-state index is 12.4. The van der Waals surface area contributed by atoms with E-state index < -0.39 is 0 Å². The molecule has 0 spiro atoms. The molecule has 1 aromatic heterocycles. The van der Waals surface area contributed by atoms with Crippen LogP contribution in [0.1, 0.15) is 21.7 Å². The van der Waals surface area contributed by atoms with Crippen molar-refractivity contribution in [1.82, 2.24) is 15.4 Å². The van der Waals surface area contributed by atoms with E-state index in [-0.39, 0.29) is 12.5 Å². The first-order chi connectivity index (χ1) is 17.0. The second-order valence-electron chi connectivity index (χ2n) is 7.32. The molecule has 0 atom stereocenters. The van der Waals surface area contributed by atoms with E-state index >= 15 is 0 Å². The van der Waals surface area contributed by atoms with Crippen LogP contribution in [0.2, 0.25) is 5.02 Å². The third-order valence-corrected chi connectivity index (χ3v) is 5.29. The number of nitrogens with zero attached hydrogens (tertiary/aromatic N) is 2. The zero-order valence-electron chi connectivity index (χ0n) is 19.3. The Morgan fingerprint density at radius 2 is 1.74 bits per heavy atom. The molecule has 0 saturated carbocycles. The number of methoxy groups -OCH3 is 3. The van der Waals surface area contributed by atoms with Gasteiger partial charge in [0.15, 0.2) is 11.5 Å². The molecular formula is C25H23ClN4O5. The third-order valence-electron chi connectivity index (χ3n) is 5.05. The van der Waals surface area contributed by atoms with Gasteiger partial charge >= 0.3 is 0 Å². The average Bonchev–Trinajstić information content (AvgIpc) is 3.29. The number of fused-ring (bicyclic) bond motifs is 1. The van der Waals surface area contributed by atoms with E-state index in [1.54, 1.807) is 42.5 Å². The number of hydrogen-bond donors (Lipinski definition) is 2. The van der Waals surface area contributed by atoms with Gasteiger partial charge in [-0.15, -0.1) is 0 Å². The summed E-state index contributed by atoms with van der Waals surface area (Å²) in [5, 5.41) is 4.65. The Kier molecular flexibility index (Phi) is 7.37. The number of aromatic nitrogens is 2. The summed E-state index contributed by atoms with van der Waals surface area (Å²) < 4.78 is 21.7. The summed E-state index contributed by atoms with van der Waals surface area (Å²) in [7, 11) is 4.58. The number of halogens is 1. The number of carbonyl (C=O) groups is 1. The second-order valence-corrected chi connectivity index (χ2v) is 7.75. The van der Waals surface area contributed by atoms with Gasteiger partial charge in [0.25, 0.3) is 5.91 Å². The van der Waals surface area contributed by atoms with Gasteiger partial charge in [-0.2, -0.15) is 5.10 Å². The molecular weight excluding hydrogens is 472 g/mol. The molecule has 4 rings (SSSR count). The lowest BCUT2D eigenvalue weighted by Gasteiger charge is -2.12. The van der Waals surface area contributed by atoms with Gasteiger partial charge in [0.05, 0.1) is 38.6 Å². The monoisotopic (exact) mass is 494 g/mol. The molecule has 4 aromatic rings. The number of rotatable bonds is 9. The zero-order chi connectivity index (χ0) is 24.8. The summed E-state index contributed by atoms with van der Waals surface area (Å²) >= 11 is 6.00. The van der Waals surface area contributed by atoms with E-state index in [1.165, 1.54) is 27.5 Å². The Morgan fingerprint density at radius 1 is 1.03 bits per heavy atom. The van der Waals surface area contributed by atoms with E-state index in [9.17, 15) is 4.79 Å². The van der Waals surface area contributed by atoms with Crippen LogP contribution in [-0.4, -0.2) is 43.4 Å². The highest BCUT2D eigenvalue weighted by Gasteiger charge is 2.12. The van der Waals surface area contributed by atoms with Gasteiger partial charge in [-0.1, -0.05) is 11.6 Å². The van der Waals surface area contributed by atoms with Gasteiger partial charge in [-0.3, -0.25) is 4.79 Å². The van der Waals surface area contributed by atoms with Gasteiger partial charge < -0.3 is 23.9 Å². The summed E-state index contributed by atoms with van der Waals surface area (Å²) in [4.78, 5) is 20.1. The highest BCUT2D eigenvalue weighted by atomic mass is 35.5. The van der Waals surface area contributed by atoms with Crippen LogP contribution in [0.5, 0.6) is 23.0 Å². The van der Waals surface area contributed by atoms with Crippen molar-refractivity contribution in [2.45, 2.75) is 6.61 Å². The lowest BCUT2D eigenvalue weighted by atomic mass is 10.2. The maximum Gasteiger partial charge on any atom is 0.271 e. The number of H-pyrrole nitrogens is 1. The Balaban J connectivity index is 1.35. The summed E-state index contributed by atoms with van der Waals surface area (Å²) in [5.41, 5.74) is 5.25. The van der Waals surface area contributed by atoms with Crippen LogP contribution >= 0.6 is 11.6 Å². The van der Waals surface area contributed by atoms with Gasteiger partial charge in [-0.25, -0.2) is 10.4 Å². The highest BCUT2D eigenvalue weighted by molar-refractivity contribution is 6.31. The van der Waals surface area contributed by atoms with Crippen LogP contribution in [0.15, 0.2) is 59.7 Å². The SMILES string of the molecule is COc1cc(/C=N/NC(=O)c2ccc(OCc3nc4ccc(Cl)cc4[nH]3)cc2)cc(OC)c1OC. The molecule has 0 radical (unpaired) electrons. The van der Waals surface area contributed by atoms with Crippen LogP contribution in [0, 0.1) is 0 Å². The van der Waals surface area contributed by atoms with Crippen molar-refractivity contribution in [2.24, 2.45) is 5.10 Å². The van der Waals surface area contributed by atoms with Crippen LogP contribution in [0.3, 0.4) is 0 Å². The number of hydrogen-bond acceptors (Lipinski definition) is 7. The Labute approximate surface area is 206 Å². The maximum absolute atomic E-state index is 12.4. The van der Waals surface area contributed by atoms with E-state index in [0.29, 0.717) is 45.0 Å². The molecule has 0 aliphatic carbocycles. The van der Waals surface area contributed by atoms with E-state index in [2.05, 4.69) is 20.5 Å². The topological polar surface area (TPSA) is 107 Å². The molecule has 9 nitrogen and oxygen atoms in total.